The normalized spacial score (nSPS) is 17.3. The first kappa shape index (κ1) is 19.9. The van der Waals surface area contributed by atoms with E-state index < -0.39 is 18.0 Å². The molecule has 0 bridgehead atoms. The van der Waals surface area contributed by atoms with Crippen LogP contribution in [0.15, 0.2) is 11.4 Å². The minimum absolute atomic E-state index is 0.0880. The number of anilines is 1. The first-order valence-electron chi connectivity index (χ1n) is 8.09. The number of carbonyl (C=O) groups is 4. The molecule has 26 heavy (non-hydrogen) atoms. The minimum Gasteiger partial charge on any atom is -0.469 e. The van der Waals surface area contributed by atoms with E-state index in [1.54, 1.807) is 23.3 Å². The predicted octanol–water partition coefficient (Wildman–Crippen LogP) is 0.227. The first-order chi connectivity index (χ1) is 12.5. The van der Waals surface area contributed by atoms with Gasteiger partial charge in [-0.05, 0) is 18.4 Å². The van der Waals surface area contributed by atoms with E-state index in [-0.39, 0.29) is 37.0 Å². The molecule has 1 unspecified atom stereocenters. The van der Waals surface area contributed by atoms with Gasteiger partial charge in [-0.15, -0.1) is 11.3 Å². The zero-order valence-corrected chi connectivity index (χ0v) is 15.4. The van der Waals surface area contributed by atoms with Crippen LogP contribution in [-0.4, -0.2) is 68.0 Å². The van der Waals surface area contributed by atoms with Crippen LogP contribution in [0.5, 0.6) is 0 Å². The molecule has 142 valence electrons. The van der Waals surface area contributed by atoms with Crippen molar-refractivity contribution in [1.82, 2.24) is 10.2 Å². The molecule has 0 spiro atoms. The lowest BCUT2D eigenvalue weighted by molar-refractivity contribution is -0.146. The van der Waals surface area contributed by atoms with Gasteiger partial charge in [-0.3, -0.25) is 19.3 Å². The highest BCUT2D eigenvalue weighted by Gasteiger charge is 2.33. The smallest absolute Gasteiger partial charge is 0.341 e. The van der Waals surface area contributed by atoms with Crippen LogP contribution in [0.25, 0.3) is 0 Å². The average Bonchev–Trinajstić information content (AvgIpc) is 3.06. The standard InChI is InChI=1S/C16H21N3O6S/c1-3-25-16(23)10-4-7-26-15(10)18-12(20)9-19-6-5-17-14(22)11(19)8-13(21)24-2/h4,7,11H,3,5-6,8-9H2,1-2H3,(H,17,22)(H,18,20). The molecular weight excluding hydrogens is 362 g/mol. The number of rotatable bonds is 7. The molecule has 1 atom stereocenters. The summed E-state index contributed by atoms with van der Waals surface area (Å²) in [5.41, 5.74) is 0.285. The molecule has 2 rings (SSSR count). The molecule has 1 aromatic rings. The number of carbonyl (C=O) groups excluding carboxylic acids is 4. The van der Waals surface area contributed by atoms with Crippen LogP contribution in [0.2, 0.25) is 0 Å². The van der Waals surface area contributed by atoms with Crippen molar-refractivity contribution in [2.24, 2.45) is 0 Å². The largest absolute Gasteiger partial charge is 0.469 e. The number of methoxy groups -OCH3 is 1. The zero-order valence-electron chi connectivity index (χ0n) is 14.6. The summed E-state index contributed by atoms with van der Waals surface area (Å²) in [6, 6.07) is 0.807. The van der Waals surface area contributed by atoms with Gasteiger partial charge in [0.05, 0.1) is 32.2 Å². The van der Waals surface area contributed by atoms with Crippen molar-refractivity contribution in [2.75, 3.05) is 38.7 Å². The Morgan fingerprint density at radius 1 is 1.42 bits per heavy atom. The number of ether oxygens (including phenoxy) is 2. The van der Waals surface area contributed by atoms with Crippen molar-refractivity contribution in [2.45, 2.75) is 19.4 Å². The molecule has 1 fully saturated rings. The highest BCUT2D eigenvalue weighted by molar-refractivity contribution is 7.14. The summed E-state index contributed by atoms with van der Waals surface area (Å²) in [4.78, 5) is 49.4. The third kappa shape index (κ3) is 5.02. The maximum atomic E-state index is 12.4. The van der Waals surface area contributed by atoms with E-state index >= 15 is 0 Å². The maximum absolute atomic E-state index is 12.4. The van der Waals surface area contributed by atoms with E-state index in [0.717, 1.165) is 0 Å². The number of thiophene rings is 1. The summed E-state index contributed by atoms with van der Waals surface area (Å²) >= 11 is 1.21. The van der Waals surface area contributed by atoms with Gasteiger partial charge < -0.3 is 20.1 Å². The second-order valence-electron chi connectivity index (χ2n) is 5.49. The van der Waals surface area contributed by atoms with Crippen LogP contribution in [0.1, 0.15) is 23.7 Å². The van der Waals surface area contributed by atoms with Gasteiger partial charge in [0.15, 0.2) is 0 Å². The van der Waals surface area contributed by atoms with Crippen molar-refractivity contribution in [3.8, 4) is 0 Å². The summed E-state index contributed by atoms with van der Waals surface area (Å²) in [6.45, 7) is 2.66. The number of esters is 2. The van der Waals surface area contributed by atoms with Crippen molar-refractivity contribution >= 4 is 40.1 Å². The van der Waals surface area contributed by atoms with Crippen molar-refractivity contribution in [3.63, 3.8) is 0 Å². The van der Waals surface area contributed by atoms with Crippen LogP contribution >= 0.6 is 11.3 Å². The van der Waals surface area contributed by atoms with Gasteiger partial charge in [0.2, 0.25) is 11.8 Å². The van der Waals surface area contributed by atoms with E-state index in [1.807, 2.05) is 0 Å². The van der Waals surface area contributed by atoms with E-state index in [0.29, 0.717) is 18.1 Å². The van der Waals surface area contributed by atoms with E-state index in [9.17, 15) is 19.2 Å². The highest BCUT2D eigenvalue weighted by Crippen LogP contribution is 2.24. The molecule has 1 saturated heterocycles. The zero-order chi connectivity index (χ0) is 19.1. The Bertz CT molecular complexity index is 689. The van der Waals surface area contributed by atoms with E-state index in [2.05, 4.69) is 15.4 Å². The number of hydrogen-bond donors (Lipinski definition) is 2. The van der Waals surface area contributed by atoms with Gasteiger partial charge in [0.25, 0.3) is 0 Å². The van der Waals surface area contributed by atoms with Crippen LogP contribution in [-0.2, 0) is 23.9 Å². The molecule has 0 aliphatic carbocycles. The summed E-state index contributed by atoms with van der Waals surface area (Å²) in [5.74, 6) is -1.74. The second-order valence-corrected chi connectivity index (χ2v) is 6.41. The summed E-state index contributed by atoms with van der Waals surface area (Å²) in [6.07, 6.45) is -0.136. The monoisotopic (exact) mass is 383 g/mol. The van der Waals surface area contributed by atoms with Crippen LogP contribution < -0.4 is 10.6 Å². The van der Waals surface area contributed by atoms with Crippen molar-refractivity contribution in [1.29, 1.82) is 0 Å². The third-order valence-electron chi connectivity index (χ3n) is 3.79. The highest BCUT2D eigenvalue weighted by atomic mass is 32.1. The Morgan fingerprint density at radius 3 is 2.88 bits per heavy atom. The molecule has 10 heteroatoms. The summed E-state index contributed by atoms with van der Waals surface area (Å²) in [5, 5.41) is 7.40. The van der Waals surface area contributed by atoms with Gasteiger partial charge >= 0.3 is 11.9 Å². The van der Waals surface area contributed by atoms with Gasteiger partial charge in [-0.2, -0.15) is 0 Å². The predicted molar refractivity (Wildman–Crippen MR) is 93.9 cm³/mol. The molecule has 2 N–H and O–H groups in total. The van der Waals surface area contributed by atoms with E-state index in [1.165, 1.54) is 18.4 Å². The van der Waals surface area contributed by atoms with Crippen LogP contribution in [0, 0.1) is 0 Å². The Hall–Kier alpha value is -2.46. The lowest BCUT2D eigenvalue weighted by Crippen LogP contribution is -2.57. The quantitative estimate of drug-likeness (QED) is 0.648. The lowest BCUT2D eigenvalue weighted by Gasteiger charge is -2.33. The van der Waals surface area contributed by atoms with Gasteiger partial charge in [-0.25, -0.2) is 4.79 Å². The molecule has 1 aliphatic rings. The summed E-state index contributed by atoms with van der Waals surface area (Å²) in [7, 11) is 1.24. The van der Waals surface area contributed by atoms with Crippen molar-refractivity contribution in [3.05, 3.63) is 17.0 Å². The van der Waals surface area contributed by atoms with Crippen molar-refractivity contribution < 1.29 is 28.7 Å². The third-order valence-corrected chi connectivity index (χ3v) is 4.62. The second kappa shape index (κ2) is 9.30. The molecule has 1 aromatic heterocycles. The molecule has 2 amide bonds. The fraction of sp³-hybridized carbons (Fsp3) is 0.500. The lowest BCUT2D eigenvalue weighted by atomic mass is 10.1. The molecule has 2 heterocycles. The SMILES string of the molecule is CCOC(=O)c1ccsc1NC(=O)CN1CCNC(=O)C1CC(=O)OC. The molecular formula is C16H21N3O6S. The number of hydrogen-bond acceptors (Lipinski definition) is 8. The molecule has 1 aliphatic heterocycles. The average molecular weight is 383 g/mol. The molecule has 0 aromatic carbocycles. The van der Waals surface area contributed by atoms with Gasteiger partial charge in [0, 0.05) is 13.1 Å². The van der Waals surface area contributed by atoms with Crippen LogP contribution in [0.3, 0.4) is 0 Å². The number of piperazine rings is 1. The number of amides is 2. The Morgan fingerprint density at radius 2 is 2.19 bits per heavy atom. The Labute approximate surface area is 154 Å². The molecule has 0 saturated carbocycles. The van der Waals surface area contributed by atoms with Crippen LogP contribution in [0.4, 0.5) is 5.00 Å². The Balaban J connectivity index is 2.02. The maximum Gasteiger partial charge on any atom is 0.341 e. The summed E-state index contributed by atoms with van der Waals surface area (Å²) < 4.78 is 9.56. The molecule has 9 nitrogen and oxygen atoms in total. The molecule has 0 radical (unpaired) electrons. The topological polar surface area (TPSA) is 114 Å². The van der Waals surface area contributed by atoms with Gasteiger partial charge in [0.1, 0.15) is 11.0 Å². The first-order valence-corrected chi connectivity index (χ1v) is 8.97. The fourth-order valence-electron chi connectivity index (χ4n) is 2.54. The number of nitrogens with one attached hydrogen (secondary N) is 2. The number of nitrogens with zero attached hydrogens (tertiary/aromatic N) is 1. The Kier molecular flexibility index (Phi) is 7.10. The fourth-order valence-corrected chi connectivity index (χ4v) is 3.33. The van der Waals surface area contributed by atoms with Gasteiger partial charge in [-0.1, -0.05) is 0 Å². The minimum atomic E-state index is -0.769. The van der Waals surface area contributed by atoms with E-state index in [4.69, 9.17) is 4.74 Å².